The molecule has 9 heteroatoms. The highest BCUT2D eigenvalue weighted by Crippen LogP contribution is 2.29. The molecule has 0 saturated carbocycles. The van der Waals surface area contributed by atoms with E-state index in [0.717, 1.165) is 0 Å². The Labute approximate surface area is 117 Å². The first kappa shape index (κ1) is 12.7. The SMILES string of the molecule is Nc1ccc([N+](=O)[O-])cc1-c1nc(-c2ncccn2)no1. The lowest BCUT2D eigenvalue weighted by Gasteiger charge is -1.99. The Kier molecular flexibility index (Phi) is 2.99. The van der Waals surface area contributed by atoms with E-state index in [1.54, 1.807) is 18.5 Å². The minimum atomic E-state index is -0.527. The van der Waals surface area contributed by atoms with Gasteiger partial charge in [0.05, 0.1) is 10.5 Å². The molecular weight excluding hydrogens is 276 g/mol. The summed E-state index contributed by atoms with van der Waals surface area (Å²) in [6.07, 6.45) is 3.08. The number of non-ortho nitro benzene ring substituents is 1. The summed E-state index contributed by atoms with van der Waals surface area (Å²) in [5, 5.41) is 14.5. The maximum atomic E-state index is 10.8. The van der Waals surface area contributed by atoms with E-state index in [4.69, 9.17) is 10.3 Å². The number of hydrogen-bond donors (Lipinski definition) is 1. The van der Waals surface area contributed by atoms with Gasteiger partial charge in [0.25, 0.3) is 11.6 Å². The Morgan fingerprint density at radius 2 is 1.95 bits per heavy atom. The Bertz CT molecular complexity index is 802. The lowest BCUT2D eigenvalue weighted by Crippen LogP contribution is -1.94. The number of nitro benzene ring substituents is 1. The van der Waals surface area contributed by atoms with Crippen molar-refractivity contribution < 1.29 is 9.45 Å². The molecule has 0 atom stereocenters. The van der Waals surface area contributed by atoms with E-state index in [-0.39, 0.29) is 23.2 Å². The highest BCUT2D eigenvalue weighted by atomic mass is 16.6. The number of hydrogen-bond acceptors (Lipinski definition) is 8. The van der Waals surface area contributed by atoms with Crippen molar-refractivity contribution in [2.24, 2.45) is 0 Å². The second kappa shape index (κ2) is 4.96. The fraction of sp³-hybridized carbons (Fsp3) is 0. The summed E-state index contributed by atoms with van der Waals surface area (Å²) in [6, 6.07) is 5.65. The fourth-order valence-corrected chi connectivity index (χ4v) is 1.68. The van der Waals surface area contributed by atoms with Gasteiger partial charge in [-0.15, -0.1) is 0 Å². The number of anilines is 1. The summed E-state index contributed by atoms with van der Waals surface area (Å²) in [5.41, 5.74) is 6.26. The molecule has 3 rings (SSSR count). The zero-order valence-corrected chi connectivity index (χ0v) is 10.5. The van der Waals surface area contributed by atoms with E-state index in [2.05, 4.69) is 20.1 Å². The zero-order chi connectivity index (χ0) is 14.8. The molecule has 2 heterocycles. The standard InChI is InChI=1S/C12H8N6O3/c13-9-3-2-7(18(19)20)6-8(9)12-16-11(17-21-12)10-14-4-1-5-15-10/h1-6H,13H2. The van der Waals surface area contributed by atoms with Crippen molar-refractivity contribution in [2.75, 3.05) is 5.73 Å². The van der Waals surface area contributed by atoms with E-state index in [1.807, 2.05) is 0 Å². The molecule has 0 amide bonds. The molecular formula is C12H8N6O3. The molecule has 0 spiro atoms. The van der Waals surface area contributed by atoms with Crippen LogP contribution in [0.1, 0.15) is 0 Å². The van der Waals surface area contributed by atoms with Gasteiger partial charge in [0.2, 0.25) is 11.6 Å². The van der Waals surface area contributed by atoms with Crippen LogP contribution in [0.25, 0.3) is 23.1 Å². The quantitative estimate of drug-likeness (QED) is 0.436. The largest absolute Gasteiger partial charge is 0.398 e. The Morgan fingerprint density at radius 3 is 2.67 bits per heavy atom. The molecule has 3 aromatic rings. The van der Waals surface area contributed by atoms with E-state index < -0.39 is 4.92 Å². The van der Waals surface area contributed by atoms with E-state index in [9.17, 15) is 10.1 Å². The Hall–Kier alpha value is -3.36. The summed E-state index contributed by atoms with van der Waals surface area (Å²) in [5.74, 6) is 0.534. The molecule has 0 aliphatic carbocycles. The van der Waals surface area contributed by atoms with Gasteiger partial charge in [-0.05, 0) is 12.1 Å². The van der Waals surface area contributed by atoms with Gasteiger partial charge in [-0.3, -0.25) is 10.1 Å². The number of nitro groups is 1. The molecule has 2 N–H and O–H groups in total. The molecule has 104 valence electrons. The third-order valence-corrected chi connectivity index (χ3v) is 2.67. The molecule has 21 heavy (non-hydrogen) atoms. The topological polar surface area (TPSA) is 134 Å². The molecule has 0 radical (unpaired) electrons. The first-order valence-electron chi connectivity index (χ1n) is 5.80. The minimum Gasteiger partial charge on any atom is -0.398 e. The van der Waals surface area contributed by atoms with Crippen molar-refractivity contribution in [1.29, 1.82) is 0 Å². The van der Waals surface area contributed by atoms with Crippen LogP contribution >= 0.6 is 0 Å². The van der Waals surface area contributed by atoms with E-state index >= 15 is 0 Å². The molecule has 0 fully saturated rings. The maximum Gasteiger partial charge on any atom is 0.270 e. The molecule has 0 aliphatic heterocycles. The van der Waals surface area contributed by atoms with Gasteiger partial charge < -0.3 is 10.3 Å². The zero-order valence-electron chi connectivity index (χ0n) is 10.5. The van der Waals surface area contributed by atoms with Gasteiger partial charge in [0, 0.05) is 30.2 Å². The van der Waals surface area contributed by atoms with Crippen molar-refractivity contribution in [2.45, 2.75) is 0 Å². The van der Waals surface area contributed by atoms with Crippen molar-refractivity contribution in [3.8, 4) is 23.1 Å². The second-order valence-electron chi connectivity index (χ2n) is 4.02. The summed E-state index contributed by atoms with van der Waals surface area (Å²) in [4.78, 5) is 22.4. The molecule has 1 aromatic carbocycles. The number of rotatable bonds is 3. The number of benzene rings is 1. The normalized spacial score (nSPS) is 10.5. The van der Waals surface area contributed by atoms with Gasteiger partial charge >= 0.3 is 0 Å². The van der Waals surface area contributed by atoms with Gasteiger partial charge in [0.1, 0.15) is 0 Å². The summed E-state index contributed by atoms with van der Waals surface area (Å²) in [7, 11) is 0. The smallest absolute Gasteiger partial charge is 0.270 e. The van der Waals surface area contributed by atoms with Crippen molar-refractivity contribution in [3.63, 3.8) is 0 Å². The monoisotopic (exact) mass is 284 g/mol. The van der Waals surface area contributed by atoms with Gasteiger partial charge in [0.15, 0.2) is 0 Å². The average molecular weight is 284 g/mol. The Balaban J connectivity index is 2.04. The lowest BCUT2D eigenvalue weighted by molar-refractivity contribution is -0.384. The fourth-order valence-electron chi connectivity index (χ4n) is 1.68. The van der Waals surface area contributed by atoms with Crippen LogP contribution in [-0.2, 0) is 0 Å². The highest BCUT2D eigenvalue weighted by molar-refractivity contribution is 5.73. The maximum absolute atomic E-state index is 10.8. The summed E-state index contributed by atoms with van der Waals surface area (Å²) in [6.45, 7) is 0. The number of nitrogens with two attached hydrogens (primary N) is 1. The van der Waals surface area contributed by atoms with Crippen LogP contribution in [0.5, 0.6) is 0 Å². The van der Waals surface area contributed by atoms with Crippen molar-refractivity contribution in [3.05, 3.63) is 46.8 Å². The van der Waals surface area contributed by atoms with Gasteiger partial charge in [-0.1, -0.05) is 5.16 Å². The highest BCUT2D eigenvalue weighted by Gasteiger charge is 2.17. The van der Waals surface area contributed by atoms with Crippen LogP contribution in [0, 0.1) is 10.1 Å². The molecule has 0 saturated heterocycles. The van der Waals surface area contributed by atoms with Gasteiger partial charge in [-0.25, -0.2) is 9.97 Å². The molecule has 0 unspecified atom stereocenters. The molecule has 0 aliphatic rings. The Morgan fingerprint density at radius 1 is 1.19 bits per heavy atom. The van der Waals surface area contributed by atoms with E-state index in [0.29, 0.717) is 11.3 Å². The first-order valence-corrected chi connectivity index (χ1v) is 5.80. The second-order valence-corrected chi connectivity index (χ2v) is 4.02. The molecule has 2 aromatic heterocycles. The third-order valence-electron chi connectivity index (χ3n) is 2.67. The summed E-state index contributed by atoms with van der Waals surface area (Å²) >= 11 is 0. The van der Waals surface area contributed by atoms with Crippen LogP contribution in [0.3, 0.4) is 0 Å². The van der Waals surface area contributed by atoms with Crippen LogP contribution < -0.4 is 5.73 Å². The minimum absolute atomic E-state index is 0.0682. The van der Waals surface area contributed by atoms with Crippen LogP contribution in [-0.4, -0.2) is 25.0 Å². The van der Waals surface area contributed by atoms with Crippen molar-refractivity contribution in [1.82, 2.24) is 20.1 Å². The van der Waals surface area contributed by atoms with Crippen LogP contribution in [0.4, 0.5) is 11.4 Å². The summed E-state index contributed by atoms with van der Waals surface area (Å²) < 4.78 is 5.08. The molecule has 9 nitrogen and oxygen atoms in total. The van der Waals surface area contributed by atoms with Gasteiger partial charge in [-0.2, -0.15) is 4.98 Å². The number of nitrogen functional groups attached to an aromatic ring is 1. The molecule has 0 bridgehead atoms. The number of aromatic nitrogens is 4. The van der Waals surface area contributed by atoms with Crippen LogP contribution in [0.2, 0.25) is 0 Å². The van der Waals surface area contributed by atoms with E-state index in [1.165, 1.54) is 18.2 Å². The third kappa shape index (κ3) is 2.39. The lowest BCUT2D eigenvalue weighted by atomic mass is 10.1. The first-order chi connectivity index (χ1) is 10.1. The van der Waals surface area contributed by atoms with Crippen LogP contribution in [0.15, 0.2) is 41.2 Å². The average Bonchev–Trinajstić information content (AvgIpc) is 2.98. The predicted molar refractivity (Wildman–Crippen MR) is 71.8 cm³/mol. The van der Waals surface area contributed by atoms with Crippen molar-refractivity contribution >= 4 is 11.4 Å². The number of nitrogens with zero attached hydrogens (tertiary/aromatic N) is 5. The predicted octanol–water partition coefficient (Wildman–Crippen LogP) is 1.68.